The van der Waals surface area contributed by atoms with Crippen LogP contribution in [0.15, 0.2) is 24.4 Å². The highest BCUT2D eigenvalue weighted by molar-refractivity contribution is 6.01. The molecule has 0 radical (unpaired) electrons. The number of anilines is 1. The van der Waals surface area contributed by atoms with Crippen molar-refractivity contribution >= 4 is 22.8 Å². The highest BCUT2D eigenvalue weighted by atomic mass is 16.4. The second-order valence-electron chi connectivity index (χ2n) is 4.99. The quantitative estimate of drug-likeness (QED) is 0.913. The molecule has 0 atom stereocenters. The van der Waals surface area contributed by atoms with Crippen LogP contribution in [-0.2, 0) is 0 Å². The first-order chi connectivity index (χ1) is 8.99. The number of fused-ring (bicyclic) bond motifs is 1. The number of carbonyl (C=O) groups is 1. The molecule has 1 N–H and O–H groups in total. The van der Waals surface area contributed by atoms with E-state index in [0.717, 1.165) is 11.9 Å². The zero-order chi connectivity index (χ0) is 14.0. The van der Waals surface area contributed by atoms with Crippen molar-refractivity contribution < 1.29 is 9.90 Å². The number of hydrogen-bond donors (Lipinski definition) is 1. The molecule has 0 spiro atoms. The minimum Gasteiger partial charge on any atom is -0.478 e. The summed E-state index contributed by atoms with van der Waals surface area (Å²) in [5, 5.41) is 9.92. The van der Waals surface area contributed by atoms with E-state index in [2.05, 4.69) is 23.8 Å². The Hall–Kier alpha value is -2.17. The second-order valence-corrected chi connectivity index (χ2v) is 4.99. The van der Waals surface area contributed by atoms with Crippen LogP contribution in [0.4, 0.5) is 5.95 Å². The van der Waals surface area contributed by atoms with Crippen LogP contribution in [0, 0.1) is 5.92 Å². The molecule has 0 unspecified atom stereocenters. The number of nitrogens with zero attached hydrogens (tertiary/aromatic N) is 3. The van der Waals surface area contributed by atoms with Crippen LogP contribution >= 0.6 is 0 Å². The third-order valence-corrected chi connectivity index (χ3v) is 2.81. The number of hydrogen-bond acceptors (Lipinski definition) is 4. The molecule has 5 heteroatoms. The normalized spacial score (nSPS) is 10.9. The van der Waals surface area contributed by atoms with E-state index < -0.39 is 5.97 Å². The molecular formula is C14H17N3O2. The Morgan fingerprint density at radius 2 is 2.16 bits per heavy atom. The average molecular weight is 259 g/mol. The summed E-state index contributed by atoms with van der Waals surface area (Å²) in [5.41, 5.74) is 0.690. The number of para-hydroxylation sites is 1. The van der Waals surface area contributed by atoms with Gasteiger partial charge in [0.15, 0.2) is 0 Å². The summed E-state index contributed by atoms with van der Waals surface area (Å²) in [6.45, 7) is 5.04. The molecule has 2 rings (SSSR count). The smallest absolute Gasteiger partial charge is 0.337 e. The zero-order valence-corrected chi connectivity index (χ0v) is 11.3. The maximum atomic E-state index is 11.2. The van der Waals surface area contributed by atoms with Crippen LogP contribution < -0.4 is 4.90 Å². The molecule has 1 heterocycles. The molecule has 1 aromatic heterocycles. The number of rotatable bonds is 4. The third kappa shape index (κ3) is 2.81. The molecule has 0 saturated carbocycles. The number of aromatic carboxylic acids is 1. The van der Waals surface area contributed by atoms with Gasteiger partial charge >= 0.3 is 5.97 Å². The van der Waals surface area contributed by atoms with Gasteiger partial charge in [-0.25, -0.2) is 14.8 Å². The van der Waals surface area contributed by atoms with Crippen LogP contribution in [0.1, 0.15) is 24.2 Å². The highest BCUT2D eigenvalue weighted by Crippen LogP contribution is 2.19. The van der Waals surface area contributed by atoms with Crippen molar-refractivity contribution in [2.45, 2.75) is 13.8 Å². The Morgan fingerprint density at radius 1 is 1.42 bits per heavy atom. The van der Waals surface area contributed by atoms with E-state index in [-0.39, 0.29) is 5.56 Å². The monoisotopic (exact) mass is 259 g/mol. The second kappa shape index (κ2) is 5.22. The van der Waals surface area contributed by atoms with E-state index in [1.54, 1.807) is 18.3 Å². The average Bonchev–Trinajstić information content (AvgIpc) is 2.36. The van der Waals surface area contributed by atoms with Crippen LogP contribution in [-0.4, -0.2) is 34.6 Å². The van der Waals surface area contributed by atoms with E-state index in [0.29, 0.717) is 17.4 Å². The zero-order valence-electron chi connectivity index (χ0n) is 11.3. The molecule has 0 bridgehead atoms. The summed E-state index contributed by atoms with van der Waals surface area (Å²) in [6, 6.07) is 5.07. The molecule has 0 aliphatic carbocycles. The molecule has 2 aromatic rings. The van der Waals surface area contributed by atoms with Gasteiger partial charge in [-0.2, -0.15) is 0 Å². The lowest BCUT2D eigenvalue weighted by Crippen LogP contribution is -2.24. The van der Waals surface area contributed by atoms with Crippen molar-refractivity contribution in [2.24, 2.45) is 5.92 Å². The van der Waals surface area contributed by atoms with Gasteiger partial charge < -0.3 is 10.0 Å². The first-order valence-corrected chi connectivity index (χ1v) is 6.19. The van der Waals surface area contributed by atoms with E-state index in [4.69, 9.17) is 0 Å². The lowest BCUT2D eigenvalue weighted by molar-refractivity contribution is 0.0699. The van der Waals surface area contributed by atoms with Crippen LogP contribution in [0.2, 0.25) is 0 Å². The maximum absolute atomic E-state index is 11.2. The summed E-state index contributed by atoms with van der Waals surface area (Å²) >= 11 is 0. The fourth-order valence-electron chi connectivity index (χ4n) is 2.03. The van der Waals surface area contributed by atoms with E-state index in [1.807, 2.05) is 18.0 Å². The van der Waals surface area contributed by atoms with Gasteiger partial charge in [-0.05, 0) is 12.0 Å². The Morgan fingerprint density at radius 3 is 2.79 bits per heavy atom. The number of benzene rings is 1. The minimum atomic E-state index is -0.971. The Kier molecular flexibility index (Phi) is 3.64. The molecular weight excluding hydrogens is 242 g/mol. The van der Waals surface area contributed by atoms with Crippen molar-refractivity contribution in [3.05, 3.63) is 30.0 Å². The van der Waals surface area contributed by atoms with E-state index in [9.17, 15) is 9.90 Å². The fourth-order valence-corrected chi connectivity index (χ4v) is 2.03. The number of carboxylic acids is 1. The molecule has 19 heavy (non-hydrogen) atoms. The van der Waals surface area contributed by atoms with E-state index >= 15 is 0 Å². The lowest BCUT2D eigenvalue weighted by atomic mass is 10.1. The van der Waals surface area contributed by atoms with Crippen molar-refractivity contribution in [2.75, 3.05) is 18.5 Å². The minimum absolute atomic E-state index is 0.207. The number of carboxylic acid groups (broad SMARTS) is 1. The summed E-state index contributed by atoms with van der Waals surface area (Å²) in [4.78, 5) is 21.8. The summed E-state index contributed by atoms with van der Waals surface area (Å²) < 4.78 is 0. The van der Waals surface area contributed by atoms with Crippen molar-refractivity contribution in [3.63, 3.8) is 0 Å². The SMILES string of the molecule is CC(C)CN(C)c1ncc2cccc(C(=O)O)c2n1. The molecule has 0 saturated heterocycles. The van der Waals surface area contributed by atoms with Gasteiger partial charge in [-0.15, -0.1) is 0 Å². The first kappa shape index (κ1) is 13.3. The van der Waals surface area contributed by atoms with Gasteiger partial charge in [-0.3, -0.25) is 0 Å². The van der Waals surface area contributed by atoms with E-state index in [1.165, 1.54) is 0 Å². The maximum Gasteiger partial charge on any atom is 0.337 e. The van der Waals surface area contributed by atoms with Crippen LogP contribution in [0.25, 0.3) is 10.9 Å². The van der Waals surface area contributed by atoms with Gasteiger partial charge in [0.05, 0.1) is 11.1 Å². The molecule has 0 aliphatic heterocycles. The highest BCUT2D eigenvalue weighted by Gasteiger charge is 2.12. The lowest BCUT2D eigenvalue weighted by Gasteiger charge is -2.19. The first-order valence-electron chi connectivity index (χ1n) is 6.19. The largest absolute Gasteiger partial charge is 0.478 e. The standard InChI is InChI=1S/C14H17N3O2/c1-9(2)8-17(3)14-15-7-10-5-4-6-11(13(18)19)12(10)16-14/h4-7,9H,8H2,1-3H3,(H,18,19). The number of aromatic nitrogens is 2. The third-order valence-electron chi connectivity index (χ3n) is 2.81. The summed E-state index contributed by atoms with van der Waals surface area (Å²) in [6.07, 6.45) is 1.67. The topological polar surface area (TPSA) is 66.3 Å². The Balaban J connectivity index is 2.49. The van der Waals surface area contributed by atoms with Crippen LogP contribution in [0.3, 0.4) is 0 Å². The van der Waals surface area contributed by atoms with Crippen molar-refractivity contribution in [3.8, 4) is 0 Å². The van der Waals surface area contributed by atoms with Crippen LogP contribution in [0.5, 0.6) is 0 Å². The summed E-state index contributed by atoms with van der Waals surface area (Å²) in [5.74, 6) is 0.0654. The van der Waals surface area contributed by atoms with Gasteiger partial charge in [0.25, 0.3) is 0 Å². The Labute approximate surface area is 111 Å². The molecule has 0 aliphatic rings. The van der Waals surface area contributed by atoms with Crippen molar-refractivity contribution in [1.29, 1.82) is 0 Å². The molecule has 0 fully saturated rings. The molecule has 100 valence electrons. The van der Waals surface area contributed by atoms with Gasteiger partial charge in [0.2, 0.25) is 5.95 Å². The summed E-state index contributed by atoms with van der Waals surface area (Å²) in [7, 11) is 1.91. The van der Waals surface area contributed by atoms with Crippen molar-refractivity contribution in [1.82, 2.24) is 9.97 Å². The fraction of sp³-hybridized carbons (Fsp3) is 0.357. The predicted octanol–water partition coefficient (Wildman–Crippen LogP) is 2.42. The predicted molar refractivity (Wildman–Crippen MR) is 74.6 cm³/mol. The molecule has 1 aromatic carbocycles. The van der Waals surface area contributed by atoms with Gasteiger partial charge in [0, 0.05) is 25.2 Å². The Bertz CT molecular complexity index is 611. The molecule has 5 nitrogen and oxygen atoms in total. The van der Waals surface area contributed by atoms with Gasteiger partial charge in [-0.1, -0.05) is 26.0 Å². The van der Waals surface area contributed by atoms with Gasteiger partial charge in [0.1, 0.15) is 0 Å². The molecule has 0 amide bonds.